The normalized spacial score (nSPS) is 13.2. The number of aliphatic carboxylic acids is 1. The standard InChI is InChI=1S/C53H54N2O5S3/c1-61-37-35-47(50(58)55-48(51(59)60)39-63-53(43-28-14-5-15-29-43,44-30-16-6-17-31-44)45-32-18-7-19-33-45)54-49(57)38-46(56)34-20-21-36-62-52(40-22-8-2-9-23-40,41-24-10-3-11-25-41)42-26-12-4-13-27-42/h2-20,22-34,46-48,56H,21,35-39H2,1H3,(H,54,57)(H,55,58)(H,59,60)/b34-20+. The Hall–Kier alpha value is -5.52. The number of benzene rings is 6. The molecule has 0 saturated carbocycles. The number of amides is 2. The Morgan fingerprint density at radius 1 is 0.556 bits per heavy atom. The van der Waals surface area contributed by atoms with Gasteiger partial charge in [0, 0.05) is 5.75 Å². The summed E-state index contributed by atoms with van der Waals surface area (Å²) in [6.45, 7) is 0. The maximum absolute atomic E-state index is 13.9. The van der Waals surface area contributed by atoms with E-state index in [-0.39, 0.29) is 18.6 Å². The quantitative estimate of drug-likeness (QED) is 0.0286. The van der Waals surface area contributed by atoms with Crippen molar-refractivity contribution in [2.45, 2.75) is 46.9 Å². The molecule has 0 bridgehead atoms. The monoisotopic (exact) mass is 894 g/mol. The molecule has 3 atom stereocenters. The molecule has 2 amide bonds. The fourth-order valence-electron chi connectivity index (χ4n) is 7.74. The van der Waals surface area contributed by atoms with Crippen LogP contribution in [-0.4, -0.2) is 69.7 Å². The van der Waals surface area contributed by atoms with Crippen LogP contribution in [0, 0.1) is 0 Å². The molecule has 6 rings (SSSR count). The first-order valence-corrected chi connectivity index (χ1v) is 24.4. The Bertz CT molecular complexity index is 2140. The number of rotatable bonds is 23. The van der Waals surface area contributed by atoms with E-state index in [0.29, 0.717) is 12.2 Å². The highest BCUT2D eigenvalue weighted by atomic mass is 32.2. The van der Waals surface area contributed by atoms with E-state index < -0.39 is 45.5 Å². The third-order valence-corrected chi connectivity index (χ3v) is 14.6. The van der Waals surface area contributed by atoms with Gasteiger partial charge in [-0.1, -0.05) is 194 Å². The third-order valence-electron chi connectivity index (χ3n) is 10.8. The van der Waals surface area contributed by atoms with E-state index in [0.717, 1.165) is 22.4 Å². The first-order valence-electron chi connectivity index (χ1n) is 21.0. The van der Waals surface area contributed by atoms with Gasteiger partial charge in [-0.25, -0.2) is 4.79 Å². The van der Waals surface area contributed by atoms with Gasteiger partial charge in [0.25, 0.3) is 0 Å². The van der Waals surface area contributed by atoms with Gasteiger partial charge in [-0.3, -0.25) is 9.59 Å². The molecular weight excluding hydrogens is 841 g/mol. The van der Waals surface area contributed by atoms with Crippen LogP contribution >= 0.6 is 35.3 Å². The Labute approximate surface area is 384 Å². The lowest BCUT2D eigenvalue weighted by Gasteiger charge is -2.36. The van der Waals surface area contributed by atoms with Crippen molar-refractivity contribution in [2.24, 2.45) is 0 Å². The number of carbonyl (C=O) groups excluding carboxylic acids is 2. The number of carboxylic acids is 1. The average Bonchev–Trinajstić information content (AvgIpc) is 3.33. The molecule has 0 aromatic heterocycles. The van der Waals surface area contributed by atoms with Gasteiger partial charge < -0.3 is 20.8 Å². The first-order chi connectivity index (χ1) is 30.8. The molecule has 0 heterocycles. The van der Waals surface area contributed by atoms with E-state index in [1.807, 2.05) is 133 Å². The molecule has 63 heavy (non-hydrogen) atoms. The molecule has 324 valence electrons. The van der Waals surface area contributed by atoms with Crippen molar-refractivity contribution >= 4 is 53.1 Å². The van der Waals surface area contributed by atoms with E-state index in [1.165, 1.54) is 40.2 Å². The summed E-state index contributed by atoms with van der Waals surface area (Å²) in [6.07, 6.45) is 5.03. The van der Waals surface area contributed by atoms with Crippen LogP contribution in [0.3, 0.4) is 0 Å². The summed E-state index contributed by atoms with van der Waals surface area (Å²) in [5.74, 6) is -0.945. The first kappa shape index (κ1) is 47.0. The molecule has 0 aliphatic carbocycles. The van der Waals surface area contributed by atoms with Crippen LogP contribution in [0.15, 0.2) is 194 Å². The van der Waals surface area contributed by atoms with Crippen molar-refractivity contribution in [3.05, 3.63) is 228 Å². The maximum atomic E-state index is 13.9. The predicted molar refractivity (Wildman–Crippen MR) is 262 cm³/mol. The van der Waals surface area contributed by atoms with Gasteiger partial charge in [0.05, 0.1) is 22.0 Å². The second-order valence-corrected chi connectivity index (χ2v) is 18.5. The molecule has 0 saturated heterocycles. The van der Waals surface area contributed by atoms with Gasteiger partial charge in [0.2, 0.25) is 11.8 Å². The number of nitrogens with one attached hydrogen (secondary N) is 2. The SMILES string of the molecule is CSCCC(NC(=O)CC(O)/C=C/CCSC(c1ccccc1)(c1ccccc1)c1ccccc1)C(=O)NC(CSC(c1ccccc1)(c1ccccc1)c1ccccc1)C(=O)O. The van der Waals surface area contributed by atoms with E-state index in [4.69, 9.17) is 0 Å². The Balaban J connectivity index is 1.10. The Kier molecular flexibility index (Phi) is 17.7. The summed E-state index contributed by atoms with van der Waals surface area (Å²) in [5, 5.41) is 26.9. The van der Waals surface area contributed by atoms with Crippen molar-refractivity contribution in [1.29, 1.82) is 0 Å². The molecule has 4 N–H and O–H groups in total. The number of carboxylic acid groups (broad SMARTS) is 1. The van der Waals surface area contributed by atoms with Crippen LogP contribution < -0.4 is 10.6 Å². The van der Waals surface area contributed by atoms with Gasteiger partial charge in [-0.05, 0) is 64.0 Å². The number of hydrogen-bond acceptors (Lipinski definition) is 7. The van der Waals surface area contributed by atoms with Crippen LogP contribution in [0.5, 0.6) is 0 Å². The molecule has 0 aliphatic rings. The number of carbonyl (C=O) groups is 3. The van der Waals surface area contributed by atoms with Crippen molar-refractivity contribution in [3.8, 4) is 0 Å². The Morgan fingerprint density at radius 3 is 1.30 bits per heavy atom. The number of hydrogen-bond donors (Lipinski definition) is 4. The molecule has 10 heteroatoms. The van der Waals surface area contributed by atoms with Crippen molar-refractivity contribution in [2.75, 3.05) is 23.5 Å². The zero-order valence-electron chi connectivity index (χ0n) is 35.3. The zero-order valence-corrected chi connectivity index (χ0v) is 37.7. The summed E-state index contributed by atoms with van der Waals surface area (Å²) in [7, 11) is 0. The van der Waals surface area contributed by atoms with Crippen LogP contribution in [0.25, 0.3) is 0 Å². The summed E-state index contributed by atoms with van der Waals surface area (Å²) < 4.78 is -1.25. The topological polar surface area (TPSA) is 116 Å². The molecule has 7 nitrogen and oxygen atoms in total. The molecule has 0 spiro atoms. The van der Waals surface area contributed by atoms with Gasteiger partial charge in [-0.15, -0.1) is 23.5 Å². The van der Waals surface area contributed by atoms with E-state index in [9.17, 15) is 24.6 Å². The maximum Gasteiger partial charge on any atom is 0.327 e. The lowest BCUT2D eigenvalue weighted by atomic mass is 9.84. The lowest BCUT2D eigenvalue weighted by Crippen LogP contribution is -2.53. The molecule has 6 aromatic rings. The second-order valence-electron chi connectivity index (χ2n) is 15.0. The van der Waals surface area contributed by atoms with Crippen molar-refractivity contribution in [1.82, 2.24) is 10.6 Å². The van der Waals surface area contributed by atoms with Crippen LogP contribution in [0.2, 0.25) is 0 Å². The smallest absolute Gasteiger partial charge is 0.327 e. The molecular formula is C53H54N2O5S3. The van der Waals surface area contributed by atoms with Gasteiger partial charge in [0.1, 0.15) is 12.1 Å². The minimum atomic E-state index is -1.26. The molecule has 3 unspecified atom stereocenters. The second kappa shape index (κ2) is 23.8. The fourth-order valence-corrected chi connectivity index (χ4v) is 11.2. The highest BCUT2D eigenvalue weighted by Crippen LogP contribution is 2.50. The van der Waals surface area contributed by atoms with Gasteiger partial charge in [0.15, 0.2) is 0 Å². The number of aliphatic hydroxyl groups excluding tert-OH is 1. The predicted octanol–water partition coefficient (Wildman–Crippen LogP) is 9.94. The van der Waals surface area contributed by atoms with Crippen LogP contribution in [0.1, 0.15) is 52.6 Å². The largest absolute Gasteiger partial charge is 0.480 e. The van der Waals surface area contributed by atoms with Crippen LogP contribution in [-0.2, 0) is 23.9 Å². The van der Waals surface area contributed by atoms with Crippen molar-refractivity contribution in [3.63, 3.8) is 0 Å². The summed E-state index contributed by atoms with van der Waals surface area (Å²) >= 11 is 4.78. The highest BCUT2D eigenvalue weighted by molar-refractivity contribution is 8.01. The number of aliphatic hydroxyl groups is 1. The summed E-state index contributed by atoms with van der Waals surface area (Å²) in [6, 6.07) is 59.0. The minimum Gasteiger partial charge on any atom is -0.480 e. The summed E-state index contributed by atoms with van der Waals surface area (Å²) in [4.78, 5) is 40.0. The zero-order chi connectivity index (χ0) is 44.3. The molecule has 0 radical (unpaired) electrons. The molecule has 0 fully saturated rings. The molecule has 6 aromatic carbocycles. The van der Waals surface area contributed by atoms with E-state index >= 15 is 0 Å². The highest BCUT2D eigenvalue weighted by Gasteiger charge is 2.39. The summed E-state index contributed by atoms with van der Waals surface area (Å²) in [5.41, 5.74) is 6.42. The lowest BCUT2D eigenvalue weighted by molar-refractivity contribution is -0.141. The van der Waals surface area contributed by atoms with Crippen molar-refractivity contribution < 1.29 is 24.6 Å². The minimum absolute atomic E-state index is 0.0356. The van der Waals surface area contributed by atoms with Gasteiger partial charge in [-0.2, -0.15) is 11.8 Å². The van der Waals surface area contributed by atoms with Crippen LogP contribution in [0.4, 0.5) is 0 Å². The third kappa shape index (κ3) is 12.1. The van der Waals surface area contributed by atoms with E-state index in [1.54, 1.807) is 6.08 Å². The van der Waals surface area contributed by atoms with E-state index in [2.05, 4.69) is 83.4 Å². The van der Waals surface area contributed by atoms with Gasteiger partial charge >= 0.3 is 5.97 Å². The molecule has 0 aliphatic heterocycles. The number of allylic oxidation sites excluding steroid dienone is 1. The number of thioether (sulfide) groups is 3. The average molecular weight is 895 g/mol. The fraction of sp³-hybridized carbons (Fsp3) is 0.226. The Morgan fingerprint density at radius 2 is 0.937 bits per heavy atom.